The molecule has 0 amide bonds. The van der Waals surface area contributed by atoms with Gasteiger partial charge >= 0.3 is 0 Å². The molecule has 21 heavy (non-hydrogen) atoms. The van der Waals surface area contributed by atoms with E-state index in [9.17, 15) is 0 Å². The van der Waals surface area contributed by atoms with Gasteiger partial charge in [-0.15, -0.1) is 0 Å². The summed E-state index contributed by atoms with van der Waals surface area (Å²) < 4.78 is 0. The fourth-order valence-corrected chi connectivity index (χ4v) is 2.86. The molecule has 0 spiro atoms. The van der Waals surface area contributed by atoms with Crippen LogP contribution in [0.15, 0.2) is 66.7 Å². The maximum Gasteiger partial charge on any atom is -0.000763 e. The van der Waals surface area contributed by atoms with E-state index in [1.165, 1.54) is 38.3 Å². The average molecular weight is 267 g/mol. The molecule has 0 unspecified atom stereocenters. The van der Waals surface area contributed by atoms with Crippen LogP contribution < -0.4 is 10.4 Å². The molecule has 0 atom stereocenters. The predicted octanol–water partition coefficient (Wildman–Crippen LogP) is 3.51. The predicted molar refractivity (Wildman–Crippen MR) is 88.4 cm³/mol. The summed E-state index contributed by atoms with van der Waals surface area (Å²) in [5.74, 6) is 0. The monoisotopic (exact) mass is 267 g/mol. The minimum absolute atomic E-state index is 1.19. The zero-order valence-corrected chi connectivity index (χ0v) is 11.9. The van der Waals surface area contributed by atoms with Crippen molar-refractivity contribution in [3.8, 4) is 11.1 Å². The minimum Gasteiger partial charge on any atom is -0.0616 e. The van der Waals surface area contributed by atoms with Crippen molar-refractivity contribution >= 4 is 12.2 Å². The van der Waals surface area contributed by atoms with Crippen molar-refractivity contribution < 1.29 is 0 Å². The zero-order chi connectivity index (χ0) is 14.2. The average Bonchev–Trinajstić information content (AvgIpc) is 2.89. The lowest BCUT2D eigenvalue weighted by atomic mass is 10.0. The number of benzene rings is 3. The number of fused-ring (bicyclic) bond motifs is 3. The Labute approximate surface area is 124 Å². The van der Waals surface area contributed by atoms with Gasteiger partial charge in [-0.25, -0.2) is 0 Å². The highest BCUT2D eigenvalue weighted by Gasteiger charge is 2.11. The molecule has 0 bridgehead atoms. The van der Waals surface area contributed by atoms with Crippen LogP contribution in [0.25, 0.3) is 23.3 Å². The van der Waals surface area contributed by atoms with Crippen molar-refractivity contribution in [1.29, 1.82) is 0 Å². The molecule has 0 aliphatic heterocycles. The van der Waals surface area contributed by atoms with Crippen LogP contribution in [0.5, 0.6) is 0 Å². The molecule has 0 saturated carbocycles. The second-order valence-electron chi connectivity index (χ2n) is 5.50. The molecule has 1 aliphatic carbocycles. The second kappa shape index (κ2) is 4.75. The molecule has 0 heteroatoms. The first-order chi connectivity index (χ1) is 10.3. The summed E-state index contributed by atoms with van der Waals surface area (Å²) in [5, 5.41) is 2.44. The van der Waals surface area contributed by atoms with E-state index in [0.717, 1.165) is 0 Å². The zero-order valence-electron chi connectivity index (χ0n) is 11.9. The van der Waals surface area contributed by atoms with E-state index < -0.39 is 0 Å². The van der Waals surface area contributed by atoms with Gasteiger partial charge in [0.1, 0.15) is 0 Å². The minimum atomic E-state index is 1.19. The molecule has 0 fully saturated rings. The largest absolute Gasteiger partial charge is 0.0616 e. The third kappa shape index (κ3) is 2.09. The van der Waals surface area contributed by atoms with Gasteiger partial charge in [0, 0.05) is 0 Å². The molecule has 0 nitrogen and oxygen atoms in total. The van der Waals surface area contributed by atoms with Crippen LogP contribution in [0.4, 0.5) is 0 Å². The van der Waals surface area contributed by atoms with E-state index in [1.807, 2.05) is 0 Å². The van der Waals surface area contributed by atoms with Crippen molar-refractivity contribution in [2.45, 2.75) is 6.92 Å². The van der Waals surface area contributed by atoms with Gasteiger partial charge in [-0.2, -0.15) is 0 Å². The van der Waals surface area contributed by atoms with Crippen LogP contribution in [0, 0.1) is 6.92 Å². The summed E-state index contributed by atoms with van der Waals surface area (Å²) >= 11 is 0. The molecule has 1 aliphatic rings. The summed E-state index contributed by atoms with van der Waals surface area (Å²) in [5.41, 5.74) is 6.28. The molecular weight excluding hydrogens is 252 g/mol. The van der Waals surface area contributed by atoms with Crippen LogP contribution in [0.2, 0.25) is 0 Å². The third-order valence-electron chi connectivity index (χ3n) is 3.97. The smallest absolute Gasteiger partial charge is 0.000763 e. The Morgan fingerprint density at radius 1 is 0.762 bits per heavy atom. The molecule has 99 valence electrons. The Morgan fingerprint density at radius 3 is 2.38 bits per heavy atom. The number of hydrogen-bond acceptors (Lipinski definition) is 0. The lowest BCUT2D eigenvalue weighted by Crippen LogP contribution is -2.24. The molecule has 3 aromatic rings. The molecular formula is C21H15. The maximum absolute atomic E-state index is 3.55. The normalized spacial score (nSPS) is 12.7. The number of hydrogen-bond donors (Lipinski definition) is 0. The second-order valence-corrected chi connectivity index (χ2v) is 5.50. The third-order valence-corrected chi connectivity index (χ3v) is 3.97. The Kier molecular flexibility index (Phi) is 2.75. The highest BCUT2D eigenvalue weighted by atomic mass is 14.1. The van der Waals surface area contributed by atoms with Crippen molar-refractivity contribution in [2.24, 2.45) is 0 Å². The van der Waals surface area contributed by atoms with Crippen molar-refractivity contribution in [3.63, 3.8) is 0 Å². The van der Waals surface area contributed by atoms with E-state index in [2.05, 4.69) is 85.8 Å². The van der Waals surface area contributed by atoms with Gasteiger partial charge < -0.3 is 0 Å². The van der Waals surface area contributed by atoms with E-state index in [4.69, 9.17) is 0 Å². The molecule has 0 aromatic heterocycles. The Morgan fingerprint density at radius 2 is 1.52 bits per heavy atom. The molecule has 4 rings (SSSR count). The van der Waals surface area contributed by atoms with Gasteiger partial charge in [-0.05, 0) is 51.8 Å². The molecule has 0 heterocycles. The van der Waals surface area contributed by atoms with Gasteiger partial charge in [-0.1, -0.05) is 72.3 Å². The Bertz CT molecular complexity index is 929. The van der Waals surface area contributed by atoms with Crippen LogP contribution in [-0.2, 0) is 0 Å². The fourth-order valence-electron chi connectivity index (χ4n) is 2.86. The van der Waals surface area contributed by atoms with E-state index in [1.54, 1.807) is 0 Å². The van der Waals surface area contributed by atoms with Crippen molar-refractivity contribution in [1.82, 2.24) is 0 Å². The van der Waals surface area contributed by atoms with Crippen LogP contribution >= 0.6 is 0 Å². The van der Waals surface area contributed by atoms with Gasteiger partial charge in [0.25, 0.3) is 0 Å². The number of aryl methyl sites for hydroxylation is 1. The van der Waals surface area contributed by atoms with E-state index in [-0.39, 0.29) is 0 Å². The summed E-state index contributed by atoms with van der Waals surface area (Å²) in [4.78, 5) is 0. The summed E-state index contributed by atoms with van der Waals surface area (Å²) in [6.07, 6.45) is 5.78. The van der Waals surface area contributed by atoms with Crippen LogP contribution in [-0.4, -0.2) is 0 Å². The first kappa shape index (κ1) is 12.2. The van der Waals surface area contributed by atoms with Gasteiger partial charge in [0.2, 0.25) is 0 Å². The van der Waals surface area contributed by atoms with Crippen LogP contribution in [0.1, 0.15) is 16.7 Å². The summed E-state index contributed by atoms with van der Waals surface area (Å²) in [7, 11) is 0. The highest BCUT2D eigenvalue weighted by Crippen LogP contribution is 2.24. The van der Waals surface area contributed by atoms with Crippen molar-refractivity contribution in [2.75, 3.05) is 0 Å². The Hall–Kier alpha value is -2.60. The molecule has 3 aromatic carbocycles. The van der Waals surface area contributed by atoms with E-state index >= 15 is 0 Å². The number of rotatable bonds is 1. The van der Waals surface area contributed by atoms with E-state index in [0.29, 0.717) is 0 Å². The lowest BCUT2D eigenvalue weighted by molar-refractivity contribution is 1.45. The first-order valence-corrected chi connectivity index (χ1v) is 7.22. The summed E-state index contributed by atoms with van der Waals surface area (Å²) in [6, 6.07) is 23.6. The standard InChI is InChI=1S/C21H15/c1-15-9-11-16(12-10-15)13-17-6-4-8-20-19-7-3-2-5-18(19)14-21(17)20/h2-13H,1H3. The van der Waals surface area contributed by atoms with Gasteiger partial charge in [0.05, 0.1) is 0 Å². The SMILES string of the molecule is Cc1ccc(C=c2cccc3c2=[C]c2ccccc2-3)cc1. The van der Waals surface area contributed by atoms with Gasteiger partial charge in [-0.3, -0.25) is 0 Å². The topological polar surface area (TPSA) is 0 Å². The molecule has 1 radical (unpaired) electrons. The fraction of sp³-hybridized carbons (Fsp3) is 0.0476. The van der Waals surface area contributed by atoms with Crippen molar-refractivity contribution in [3.05, 3.63) is 93.9 Å². The lowest BCUT2D eigenvalue weighted by Gasteiger charge is -2.00. The summed E-state index contributed by atoms with van der Waals surface area (Å²) in [6.45, 7) is 2.11. The first-order valence-electron chi connectivity index (χ1n) is 7.22. The molecule has 0 saturated heterocycles. The highest BCUT2D eigenvalue weighted by molar-refractivity contribution is 5.83. The van der Waals surface area contributed by atoms with Gasteiger partial charge in [0.15, 0.2) is 0 Å². The maximum atomic E-state index is 3.55. The quantitative estimate of drug-likeness (QED) is 0.495. The Balaban J connectivity index is 1.95. The molecule has 0 N–H and O–H groups in total. The van der Waals surface area contributed by atoms with Crippen LogP contribution in [0.3, 0.4) is 0 Å².